The molecular formula is C20H17NO6. The Kier molecular flexibility index (Phi) is 5.30. The van der Waals surface area contributed by atoms with Crippen LogP contribution in [0.15, 0.2) is 42.5 Å². The van der Waals surface area contributed by atoms with Crippen LogP contribution in [0, 0.1) is 0 Å². The van der Waals surface area contributed by atoms with Crippen LogP contribution in [-0.2, 0) is 20.7 Å². The zero-order valence-corrected chi connectivity index (χ0v) is 14.6. The van der Waals surface area contributed by atoms with E-state index in [9.17, 15) is 19.2 Å². The minimum Gasteiger partial charge on any atom is -0.465 e. The highest BCUT2D eigenvalue weighted by Crippen LogP contribution is 2.24. The van der Waals surface area contributed by atoms with Crippen molar-refractivity contribution in [3.63, 3.8) is 0 Å². The predicted octanol–water partition coefficient (Wildman–Crippen LogP) is 2.40. The molecule has 7 nitrogen and oxygen atoms in total. The number of hydrogen-bond acceptors (Lipinski definition) is 6. The highest BCUT2D eigenvalue weighted by molar-refractivity contribution is 6.05. The third-order valence-electron chi connectivity index (χ3n) is 4.21. The topological polar surface area (TPSA) is 98.8 Å². The number of anilines is 1. The first-order chi connectivity index (χ1) is 13.0. The monoisotopic (exact) mass is 367 g/mol. The van der Waals surface area contributed by atoms with E-state index >= 15 is 0 Å². The number of carbonyl (C=O) groups excluding carboxylic acids is 4. The fraction of sp³-hybridized carbons (Fsp3) is 0.200. The Bertz CT molecular complexity index is 934. The molecule has 3 rings (SSSR count). The quantitative estimate of drug-likeness (QED) is 0.644. The lowest BCUT2D eigenvalue weighted by Gasteiger charge is -2.17. The minimum atomic E-state index is -0.783. The molecule has 7 heteroatoms. The minimum absolute atomic E-state index is 0.0327. The van der Waals surface area contributed by atoms with E-state index in [1.807, 2.05) is 0 Å². The van der Waals surface area contributed by atoms with Gasteiger partial charge in [0, 0.05) is 17.7 Å². The molecule has 27 heavy (non-hydrogen) atoms. The smallest absolute Gasteiger partial charge is 0.339 e. The zero-order valence-electron chi connectivity index (χ0n) is 14.6. The highest BCUT2D eigenvalue weighted by atomic mass is 16.5. The number of Topliss-reactive ketones (excluding diaryl/α,β-unsaturated/α-hetero) is 1. The van der Waals surface area contributed by atoms with Gasteiger partial charge in [0.2, 0.25) is 5.91 Å². The molecule has 0 spiro atoms. The van der Waals surface area contributed by atoms with Crippen LogP contribution in [0.2, 0.25) is 0 Å². The van der Waals surface area contributed by atoms with Gasteiger partial charge in [-0.25, -0.2) is 9.59 Å². The molecule has 0 bridgehead atoms. The maximum Gasteiger partial charge on any atom is 0.339 e. The van der Waals surface area contributed by atoms with E-state index in [4.69, 9.17) is 4.74 Å². The summed E-state index contributed by atoms with van der Waals surface area (Å²) in [4.78, 5) is 47.7. The van der Waals surface area contributed by atoms with Gasteiger partial charge in [-0.05, 0) is 42.3 Å². The van der Waals surface area contributed by atoms with Gasteiger partial charge < -0.3 is 14.8 Å². The number of benzene rings is 2. The van der Waals surface area contributed by atoms with Crippen molar-refractivity contribution >= 4 is 29.3 Å². The molecule has 0 aliphatic carbocycles. The van der Waals surface area contributed by atoms with Crippen molar-refractivity contribution in [3.05, 3.63) is 64.7 Å². The third-order valence-corrected chi connectivity index (χ3v) is 4.21. The van der Waals surface area contributed by atoms with Crippen molar-refractivity contribution in [3.8, 4) is 0 Å². The summed E-state index contributed by atoms with van der Waals surface area (Å²) in [6.07, 6.45) is 0.915. The zero-order chi connectivity index (χ0) is 19.4. The maximum atomic E-state index is 12.3. The molecule has 1 aliphatic heterocycles. The summed E-state index contributed by atoms with van der Waals surface area (Å²) in [6, 6.07) is 11.0. The van der Waals surface area contributed by atoms with Gasteiger partial charge in [0.05, 0.1) is 18.2 Å². The van der Waals surface area contributed by atoms with Crippen LogP contribution in [0.3, 0.4) is 0 Å². The lowest BCUT2D eigenvalue weighted by atomic mass is 9.99. The van der Waals surface area contributed by atoms with Gasteiger partial charge in [0.25, 0.3) is 0 Å². The number of ketones is 1. The Morgan fingerprint density at radius 1 is 1.00 bits per heavy atom. The molecule has 0 saturated heterocycles. The lowest BCUT2D eigenvalue weighted by Crippen LogP contribution is -2.20. The molecular weight excluding hydrogens is 350 g/mol. The fourth-order valence-electron chi connectivity index (χ4n) is 2.80. The Labute approximate surface area is 155 Å². The fourth-order valence-corrected chi connectivity index (χ4v) is 2.80. The second-order valence-electron chi connectivity index (χ2n) is 5.96. The van der Waals surface area contributed by atoms with Gasteiger partial charge in [0.1, 0.15) is 0 Å². The number of amides is 1. The molecule has 1 amide bonds. The molecule has 1 aliphatic rings. The van der Waals surface area contributed by atoms with E-state index in [2.05, 4.69) is 10.1 Å². The second kappa shape index (κ2) is 7.82. The summed E-state index contributed by atoms with van der Waals surface area (Å²) in [5, 5.41) is 2.74. The van der Waals surface area contributed by atoms with Crippen molar-refractivity contribution in [2.24, 2.45) is 0 Å². The first-order valence-electron chi connectivity index (χ1n) is 8.30. The first kappa shape index (κ1) is 18.3. The summed E-state index contributed by atoms with van der Waals surface area (Å²) >= 11 is 0. The van der Waals surface area contributed by atoms with Crippen LogP contribution in [0.4, 0.5) is 5.69 Å². The normalized spacial score (nSPS) is 12.6. The molecule has 2 aromatic rings. The Morgan fingerprint density at radius 2 is 1.70 bits per heavy atom. The number of esters is 2. The summed E-state index contributed by atoms with van der Waals surface area (Å²) in [5.74, 6) is -1.88. The van der Waals surface area contributed by atoms with E-state index in [1.165, 1.54) is 19.2 Å². The second-order valence-corrected chi connectivity index (χ2v) is 5.96. The number of methoxy groups -OCH3 is 1. The number of aryl methyl sites for hydroxylation is 1. The van der Waals surface area contributed by atoms with Crippen LogP contribution in [-0.4, -0.2) is 37.3 Å². The molecule has 0 radical (unpaired) electrons. The van der Waals surface area contributed by atoms with Crippen molar-refractivity contribution in [2.45, 2.75) is 12.8 Å². The summed E-state index contributed by atoms with van der Waals surface area (Å²) < 4.78 is 9.71. The first-order valence-corrected chi connectivity index (χ1v) is 8.30. The highest BCUT2D eigenvalue weighted by Gasteiger charge is 2.20. The molecule has 0 atom stereocenters. The van der Waals surface area contributed by atoms with Gasteiger partial charge in [-0.1, -0.05) is 12.1 Å². The molecule has 2 aromatic carbocycles. The average Bonchev–Trinajstić information content (AvgIpc) is 2.70. The number of hydrogen-bond donors (Lipinski definition) is 1. The number of nitrogens with one attached hydrogen (secondary N) is 1. The van der Waals surface area contributed by atoms with Gasteiger partial charge in [-0.3, -0.25) is 9.59 Å². The van der Waals surface area contributed by atoms with Crippen molar-refractivity contribution in [1.29, 1.82) is 0 Å². The molecule has 138 valence electrons. The lowest BCUT2D eigenvalue weighted by molar-refractivity contribution is -0.116. The molecule has 1 N–H and O–H groups in total. The Balaban J connectivity index is 1.69. The maximum absolute atomic E-state index is 12.3. The average molecular weight is 367 g/mol. The van der Waals surface area contributed by atoms with Crippen molar-refractivity contribution in [1.82, 2.24) is 0 Å². The number of rotatable bonds is 5. The standard InChI is InChI=1S/C20H17NO6/c1-26-19(24)14-4-2-3-5-15(14)20(25)27-11-17(22)13-6-8-16-12(10-13)7-9-18(23)21-16/h2-6,8,10H,7,9,11H2,1H3,(H,21,23). The van der Waals surface area contributed by atoms with Crippen LogP contribution in [0.1, 0.15) is 43.1 Å². The summed E-state index contributed by atoms with van der Waals surface area (Å²) in [5.41, 5.74) is 2.04. The Morgan fingerprint density at radius 3 is 2.41 bits per heavy atom. The predicted molar refractivity (Wildman–Crippen MR) is 95.8 cm³/mol. The van der Waals surface area contributed by atoms with E-state index in [0.717, 1.165) is 5.56 Å². The molecule has 1 heterocycles. The van der Waals surface area contributed by atoms with Crippen LogP contribution in [0.25, 0.3) is 0 Å². The van der Waals surface area contributed by atoms with Crippen LogP contribution in [0.5, 0.6) is 0 Å². The largest absolute Gasteiger partial charge is 0.465 e. The molecule has 0 unspecified atom stereocenters. The number of ether oxygens (including phenoxy) is 2. The Hall–Kier alpha value is -3.48. The van der Waals surface area contributed by atoms with Crippen molar-refractivity contribution in [2.75, 3.05) is 19.0 Å². The van der Waals surface area contributed by atoms with Gasteiger partial charge >= 0.3 is 11.9 Å². The van der Waals surface area contributed by atoms with Crippen molar-refractivity contribution < 1.29 is 28.7 Å². The summed E-state index contributed by atoms with van der Waals surface area (Å²) in [6.45, 7) is -0.459. The summed E-state index contributed by atoms with van der Waals surface area (Å²) in [7, 11) is 1.21. The van der Waals surface area contributed by atoms with Gasteiger partial charge in [-0.2, -0.15) is 0 Å². The number of carbonyl (C=O) groups is 4. The van der Waals surface area contributed by atoms with Gasteiger partial charge in [0.15, 0.2) is 12.4 Å². The van der Waals surface area contributed by atoms with Crippen LogP contribution >= 0.6 is 0 Å². The molecule has 0 saturated carbocycles. The number of fused-ring (bicyclic) bond motifs is 1. The van der Waals surface area contributed by atoms with E-state index in [1.54, 1.807) is 30.3 Å². The van der Waals surface area contributed by atoms with E-state index in [-0.39, 0.29) is 22.8 Å². The van der Waals surface area contributed by atoms with E-state index < -0.39 is 18.5 Å². The molecule has 0 fully saturated rings. The van der Waals surface area contributed by atoms with Gasteiger partial charge in [-0.15, -0.1) is 0 Å². The molecule has 0 aromatic heterocycles. The van der Waals surface area contributed by atoms with Crippen LogP contribution < -0.4 is 5.32 Å². The van der Waals surface area contributed by atoms with E-state index in [0.29, 0.717) is 24.1 Å². The SMILES string of the molecule is COC(=O)c1ccccc1C(=O)OCC(=O)c1ccc2c(c1)CCC(=O)N2. The third kappa shape index (κ3) is 4.03.